The Balaban J connectivity index is 1.41. The Morgan fingerprint density at radius 1 is 1.17 bits per heavy atom. The number of hydrogen-bond donors (Lipinski definition) is 0. The van der Waals surface area contributed by atoms with E-state index in [9.17, 15) is 9.18 Å². The number of nitrogens with zero attached hydrogens (tertiary/aromatic N) is 4. The molecule has 5 rings (SSSR count). The maximum Gasteiger partial charge on any atom is 0.256 e. The lowest BCUT2D eigenvalue weighted by atomic mass is 9.96. The molecule has 2 aromatic heterocycles. The van der Waals surface area contributed by atoms with Crippen LogP contribution in [0, 0.1) is 24.6 Å². The molecule has 3 aromatic rings. The predicted molar refractivity (Wildman–Crippen MR) is 160 cm³/mol. The molecule has 2 atom stereocenters. The van der Waals surface area contributed by atoms with E-state index >= 15 is 0 Å². The minimum atomic E-state index is -0.419. The summed E-state index contributed by atoms with van der Waals surface area (Å²) < 4.78 is 27.9. The first-order valence-electron chi connectivity index (χ1n) is 15.1. The fourth-order valence-electron chi connectivity index (χ4n) is 6.57. The average Bonchev–Trinajstić information content (AvgIpc) is 3.70. The predicted octanol–water partition coefficient (Wildman–Crippen LogP) is 6.00. The highest BCUT2D eigenvalue weighted by atomic mass is 19.1. The van der Waals surface area contributed by atoms with Crippen LogP contribution in [0.1, 0.15) is 68.4 Å². The van der Waals surface area contributed by atoms with E-state index in [0.717, 1.165) is 49.9 Å². The quantitative estimate of drug-likeness (QED) is 0.303. The lowest BCUT2D eigenvalue weighted by Gasteiger charge is -2.32. The van der Waals surface area contributed by atoms with Crippen molar-refractivity contribution in [1.82, 2.24) is 19.4 Å². The zero-order valence-electron chi connectivity index (χ0n) is 25.4. The van der Waals surface area contributed by atoms with Crippen LogP contribution in [0.4, 0.5) is 4.39 Å². The Morgan fingerprint density at radius 2 is 1.93 bits per heavy atom. The molecule has 1 aromatic carbocycles. The summed E-state index contributed by atoms with van der Waals surface area (Å²) in [5.74, 6) is 0.474. The van der Waals surface area contributed by atoms with Crippen LogP contribution in [0.5, 0.6) is 0 Å². The number of rotatable bonds is 10. The summed E-state index contributed by atoms with van der Waals surface area (Å²) in [6.07, 6.45) is 9.97. The second-order valence-electron chi connectivity index (χ2n) is 12.5. The topological polar surface area (TPSA) is 59.8 Å². The molecule has 0 saturated carbocycles. The van der Waals surface area contributed by atoms with E-state index in [1.807, 2.05) is 30.8 Å². The number of likely N-dealkylation sites (tertiary alicyclic amines) is 1. The molecule has 8 heteroatoms. The molecule has 2 aliphatic rings. The number of aryl methyl sites for hydroxylation is 1. The van der Waals surface area contributed by atoms with Gasteiger partial charge in [0.2, 0.25) is 0 Å². The smallest absolute Gasteiger partial charge is 0.256 e. The fourth-order valence-corrected chi connectivity index (χ4v) is 6.57. The van der Waals surface area contributed by atoms with Gasteiger partial charge in [0.1, 0.15) is 5.82 Å². The Morgan fingerprint density at radius 3 is 2.63 bits per heavy atom. The Bertz CT molecular complexity index is 1360. The summed E-state index contributed by atoms with van der Waals surface area (Å²) in [4.78, 5) is 22.2. The van der Waals surface area contributed by atoms with Gasteiger partial charge < -0.3 is 18.9 Å². The molecule has 0 aliphatic carbocycles. The van der Waals surface area contributed by atoms with Crippen LogP contribution in [0.3, 0.4) is 0 Å². The molecule has 0 N–H and O–H groups in total. The van der Waals surface area contributed by atoms with Crippen molar-refractivity contribution < 1.29 is 18.7 Å². The second kappa shape index (κ2) is 12.6. The second-order valence-corrected chi connectivity index (χ2v) is 12.5. The molecule has 0 unspecified atom stereocenters. The molecule has 41 heavy (non-hydrogen) atoms. The molecule has 2 fully saturated rings. The Labute approximate surface area is 243 Å². The maximum absolute atomic E-state index is 14.4. The van der Waals surface area contributed by atoms with Gasteiger partial charge in [0.05, 0.1) is 36.2 Å². The van der Waals surface area contributed by atoms with Gasteiger partial charge in [-0.25, -0.2) is 4.39 Å². The van der Waals surface area contributed by atoms with Crippen molar-refractivity contribution in [3.05, 3.63) is 59.3 Å². The summed E-state index contributed by atoms with van der Waals surface area (Å²) in [6.45, 7) is 14.2. The molecule has 0 bridgehead atoms. The summed E-state index contributed by atoms with van der Waals surface area (Å²) in [5.41, 5.74) is 4.34. The van der Waals surface area contributed by atoms with E-state index in [0.29, 0.717) is 42.3 Å². The van der Waals surface area contributed by atoms with Crippen molar-refractivity contribution in [3.8, 4) is 5.69 Å². The SMILES string of the molecule is Cc1cncc2c1c(C[C@@H]1CCN([C@@H](CCC3OCCO3)C(C)C)C1)cn2-c1ccc(F)cc1C(=O)N(C)C(C)C. The van der Waals surface area contributed by atoms with E-state index in [1.54, 1.807) is 18.0 Å². The van der Waals surface area contributed by atoms with Gasteiger partial charge in [-0.3, -0.25) is 14.7 Å². The number of carbonyl (C=O) groups is 1. The molecule has 1 amide bonds. The van der Waals surface area contributed by atoms with Gasteiger partial charge in [-0.05, 0) is 94.2 Å². The first kappa shape index (κ1) is 29.7. The Hall–Kier alpha value is -2.81. The third kappa shape index (κ3) is 6.35. The van der Waals surface area contributed by atoms with Crippen molar-refractivity contribution in [1.29, 1.82) is 0 Å². The number of hydrogen-bond acceptors (Lipinski definition) is 5. The van der Waals surface area contributed by atoms with Gasteiger partial charge in [0.15, 0.2) is 6.29 Å². The van der Waals surface area contributed by atoms with Crippen molar-refractivity contribution in [2.24, 2.45) is 11.8 Å². The van der Waals surface area contributed by atoms with Crippen LogP contribution >= 0.6 is 0 Å². The number of aromatic nitrogens is 2. The third-order valence-electron chi connectivity index (χ3n) is 8.98. The third-order valence-corrected chi connectivity index (χ3v) is 8.98. The molecular weight excluding hydrogens is 519 g/mol. The van der Waals surface area contributed by atoms with Crippen LogP contribution in [0.2, 0.25) is 0 Å². The van der Waals surface area contributed by atoms with Crippen molar-refractivity contribution >= 4 is 16.8 Å². The lowest BCUT2D eigenvalue weighted by Crippen LogP contribution is -2.38. The summed E-state index contributed by atoms with van der Waals surface area (Å²) in [6, 6.07) is 5.00. The van der Waals surface area contributed by atoms with E-state index in [2.05, 4.69) is 36.9 Å². The van der Waals surface area contributed by atoms with Gasteiger partial charge in [-0.2, -0.15) is 0 Å². The molecular formula is C33H45FN4O3. The fraction of sp³-hybridized carbons (Fsp3) is 0.576. The minimum absolute atomic E-state index is 0.00214. The van der Waals surface area contributed by atoms with Crippen molar-refractivity contribution in [2.75, 3.05) is 33.4 Å². The van der Waals surface area contributed by atoms with Crippen LogP contribution in [-0.2, 0) is 15.9 Å². The molecule has 0 radical (unpaired) electrons. The lowest BCUT2D eigenvalue weighted by molar-refractivity contribution is -0.0527. The number of carbonyl (C=O) groups excluding carboxylic acids is 1. The molecule has 2 aliphatic heterocycles. The normalized spacial score (nSPS) is 19.2. The van der Waals surface area contributed by atoms with Gasteiger partial charge >= 0.3 is 0 Å². The molecule has 4 heterocycles. The van der Waals surface area contributed by atoms with Gasteiger partial charge in [-0.15, -0.1) is 0 Å². The Kier molecular flexibility index (Phi) is 9.12. The molecule has 7 nitrogen and oxygen atoms in total. The van der Waals surface area contributed by atoms with E-state index in [-0.39, 0.29) is 18.2 Å². The van der Waals surface area contributed by atoms with Crippen LogP contribution < -0.4 is 0 Å². The zero-order chi connectivity index (χ0) is 29.3. The average molecular weight is 565 g/mol. The molecule has 222 valence electrons. The standard InChI is InChI=1S/C33H45FN4O3/c1-21(2)28(9-10-31-40-13-14-41-31)37-12-11-24(19-37)15-25-20-38(30-18-35-17-23(5)32(25)30)29-8-7-26(34)16-27(29)33(39)36(6)22(3)4/h7-8,16-18,20-22,24,28,31H,9-15,19H2,1-6H3/t24-,28-/m0/s1. The maximum atomic E-state index is 14.4. The van der Waals surface area contributed by atoms with Crippen LogP contribution in [-0.4, -0.2) is 77.0 Å². The first-order valence-corrected chi connectivity index (χ1v) is 15.1. The highest BCUT2D eigenvalue weighted by Crippen LogP contribution is 2.34. The van der Waals surface area contributed by atoms with Crippen molar-refractivity contribution in [2.45, 2.75) is 78.7 Å². The summed E-state index contributed by atoms with van der Waals surface area (Å²) >= 11 is 0. The van der Waals surface area contributed by atoms with Crippen molar-refractivity contribution in [3.63, 3.8) is 0 Å². The minimum Gasteiger partial charge on any atom is -0.350 e. The summed E-state index contributed by atoms with van der Waals surface area (Å²) in [5, 5.41) is 1.18. The monoisotopic (exact) mass is 564 g/mol. The van der Waals surface area contributed by atoms with E-state index < -0.39 is 5.82 Å². The molecule has 2 saturated heterocycles. The highest BCUT2D eigenvalue weighted by molar-refractivity contribution is 5.99. The zero-order valence-corrected chi connectivity index (χ0v) is 25.4. The summed E-state index contributed by atoms with van der Waals surface area (Å²) in [7, 11) is 1.76. The first-order chi connectivity index (χ1) is 19.6. The van der Waals surface area contributed by atoms with Crippen LogP contribution in [0.15, 0.2) is 36.8 Å². The van der Waals surface area contributed by atoms with Gasteiger partial charge in [0.25, 0.3) is 5.91 Å². The largest absolute Gasteiger partial charge is 0.350 e. The van der Waals surface area contributed by atoms with Gasteiger partial charge in [-0.1, -0.05) is 13.8 Å². The molecule has 0 spiro atoms. The van der Waals surface area contributed by atoms with Gasteiger partial charge in [0, 0.05) is 43.5 Å². The number of benzene rings is 1. The van der Waals surface area contributed by atoms with E-state index in [4.69, 9.17) is 9.47 Å². The number of ether oxygens (including phenoxy) is 2. The van der Waals surface area contributed by atoms with Crippen LogP contribution in [0.25, 0.3) is 16.6 Å². The highest BCUT2D eigenvalue weighted by Gasteiger charge is 2.32. The number of pyridine rings is 1. The number of fused-ring (bicyclic) bond motifs is 1. The number of amides is 1. The van der Waals surface area contributed by atoms with E-state index in [1.165, 1.54) is 23.1 Å². The number of halogens is 1.